The van der Waals surface area contributed by atoms with Crippen LogP contribution in [-0.4, -0.2) is 64.6 Å². The zero-order valence-corrected chi connectivity index (χ0v) is 13.4. The Bertz CT molecular complexity index is 592. The van der Waals surface area contributed by atoms with E-state index in [4.69, 9.17) is 0 Å². The highest BCUT2D eigenvalue weighted by molar-refractivity contribution is 7.88. The molecule has 8 nitrogen and oxygen atoms in total. The molecule has 1 aromatic rings. The van der Waals surface area contributed by atoms with Gasteiger partial charge in [-0.05, 0) is 6.92 Å². The Morgan fingerprint density at radius 2 is 1.95 bits per heavy atom. The third-order valence-electron chi connectivity index (χ3n) is 2.94. The molecule has 1 heterocycles. The van der Waals surface area contributed by atoms with Crippen LogP contribution in [0.15, 0.2) is 24.1 Å². The van der Waals surface area contributed by atoms with Gasteiger partial charge in [0.1, 0.15) is 6.33 Å². The second kappa shape index (κ2) is 7.32. The number of sulfonamides is 1. The number of likely N-dealkylation sites (N-methyl/N-ethyl adjacent to an activating group) is 1. The van der Waals surface area contributed by atoms with Gasteiger partial charge in [-0.3, -0.25) is 0 Å². The number of carbonyl (C=O) groups excluding carboxylic acids is 1. The molecule has 0 aliphatic rings. The van der Waals surface area contributed by atoms with E-state index in [0.29, 0.717) is 26.2 Å². The minimum absolute atomic E-state index is 0.318. The van der Waals surface area contributed by atoms with Gasteiger partial charge < -0.3 is 4.90 Å². The van der Waals surface area contributed by atoms with Gasteiger partial charge in [-0.1, -0.05) is 19.9 Å². The molecule has 0 aliphatic heterocycles. The second-order valence-electron chi connectivity index (χ2n) is 4.17. The van der Waals surface area contributed by atoms with Crippen LogP contribution in [-0.2, 0) is 10.0 Å². The fourth-order valence-corrected chi connectivity index (χ4v) is 3.06. The maximum atomic E-state index is 12.2. The molecule has 9 heteroatoms. The predicted octanol–water partition coefficient (Wildman–Crippen LogP) is 0.785. The van der Waals surface area contributed by atoms with E-state index in [1.165, 1.54) is 9.21 Å². The van der Waals surface area contributed by atoms with Crippen molar-refractivity contribution >= 4 is 16.1 Å². The predicted molar refractivity (Wildman–Crippen MR) is 78.4 cm³/mol. The lowest BCUT2D eigenvalue weighted by molar-refractivity contribution is 0.204. The van der Waals surface area contributed by atoms with E-state index >= 15 is 0 Å². The summed E-state index contributed by atoms with van der Waals surface area (Å²) in [5.74, 6) is 0. The van der Waals surface area contributed by atoms with Crippen LogP contribution in [0.1, 0.15) is 20.8 Å². The van der Waals surface area contributed by atoms with Crippen molar-refractivity contribution in [3.05, 3.63) is 19.0 Å². The van der Waals surface area contributed by atoms with E-state index in [9.17, 15) is 13.2 Å². The van der Waals surface area contributed by atoms with E-state index in [1.54, 1.807) is 19.9 Å². The molecule has 0 spiro atoms. The summed E-state index contributed by atoms with van der Waals surface area (Å²) >= 11 is 0. The van der Waals surface area contributed by atoms with Gasteiger partial charge in [0.2, 0.25) is 0 Å². The van der Waals surface area contributed by atoms with Crippen LogP contribution in [0, 0.1) is 0 Å². The number of carbonyl (C=O) groups is 1. The molecule has 1 amide bonds. The van der Waals surface area contributed by atoms with Gasteiger partial charge in [0.15, 0.2) is 0 Å². The highest BCUT2D eigenvalue weighted by Crippen LogP contribution is 2.10. The van der Waals surface area contributed by atoms with Gasteiger partial charge in [-0.2, -0.15) is 8.99 Å². The normalized spacial score (nSPS) is 11.6. The molecule has 1 aromatic heterocycles. The minimum Gasteiger partial charge on any atom is -0.319 e. The van der Waals surface area contributed by atoms with Crippen molar-refractivity contribution in [1.29, 1.82) is 0 Å². The molecule has 118 valence electrons. The summed E-state index contributed by atoms with van der Waals surface area (Å²) in [5.41, 5.74) is 0. The van der Waals surface area contributed by atoms with Crippen LogP contribution in [0.3, 0.4) is 0 Å². The molecule has 0 aromatic carbocycles. The third kappa shape index (κ3) is 3.67. The average molecular weight is 315 g/mol. The molecule has 1 rings (SSSR count). The summed E-state index contributed by atoms with van der Waals surface area (Å²) in [5, 5.41) is 3.43. The Morgan fingerprint density at radius 3 is 2.43 bits per heavy atom. The first-order valence-electron chi connectivity index (χ1n) is 6.74. The van der Waals surface area contributed by atoms with Crippen LogP contribution in [0.4, 0.5) is 4.79 Å². The molecule has 0 bridgehead atoms. The molecule has 0 N–H and O–H groups in total. The van der Waals surface area contributed by atoms with Crippen LogP contribution in [0.2, 0.25) is 0 Å². The number of amides is 1. The van der Waals surface area contributed by atoms with Crippen LogP contribution in [0.5, 0.6) is 0 Å². The number of hydrogen-bond acceptors (Lipinski definition) is 5. The Balaban J connectivity index is 3.06. The Labute approximate surface area is 125 Å². The van der Waals surface area contributed by atoms with Crippen molar-refractivity contribution < 1.29 is 13.2 Å². The maximum Gasteiger partial charge on any atom is 0.346 e. The van der Waals surface area contributed by atoms with Gasteiger partial charge in [0.25, 0.3) is 15.2 Å². The molecule has 0 radical (unpaired) electrons. The van der Waals surface area contributed by atoms with Crippen molar-refractivity contribution in [1.82, 2.24) is 24.0 Å². The molecular weight excluding hydrogens is 294 g/mol. The topological polar surface area (TPSA) is 88.4 Å². The number of aromatic nitrogens is 3. The van der Waals surface area contributed by atoms with Crippen molar-refractivity contribution in [2.45, 2.75) is 25.9 Å². The summed E-state index contributed by atoms with van der Waals surface area (Å²) in [7, 11) is -3.76. The van der Waals surface area contributed by atoms with Gasteiger partial charge in [0.05, 0.1) is 0 Å². The van der Waals surface area contributed by atoms with E-state index in [-0.39, 0.29) is 5.16 Å². The van der Waals surface area contributed by atoms with Crippen molar-refractivity contribution in [3.8, 4) is 0 Å². The van der Waals surface area contributed by atoms with Crippen molar-refractivity contribution in [3.63, 3.8) is 0 Å². The Hall–Kier alpha value is -1.74. The van der Waals surface area contributed by atoms with Crippen molar-refractivity contribution in [2.75, 3.05) is 26.2 Å². The smallest absolute Gasteiger partial charge is 0.319 e. The van der Waals surface area contributed by atoms with E-state index in [2.05, 4.69) is 16.7 Å². The number of rotatable bonds is 7. The monoisotopic (exact) mass is 315 g/mol. The minimum atomic E-state index is -3.76. The quantitative estimate of drug-likeness (QED) is 0.694. The third-order valence-corrected chi connectivity index (χ3v) is 4.79. The second-order valence-corrected chi connectivity index (χ2v) is 6.00. The SMILES string of the molecule is C=CCN(CC)C(=O)n1cnc(S(=O)(=O)N(CC)CC)n1. The number of nitrogens with zero attached hydrogens (tertiary/aromatic N) is 5. The molecular formula is C12H21N5O3S. The van der Waals surface area contributed by atoms with Crippen LogP contribution < -0.4 is 0 Å². The molecule has 0 atom stereocenters. The summed E-state index contributed by atoms with van der Waals surface area (Å²) in [4.78, 5) is 17.4. The van der Waals surface area contributed by atoms with Crippen LogP contribution >= 0.6 is 0 Å². The van der Waals surface area contributed by atoms with Crippen molar-refractivity contribution in [2.24, 2.45) is 0 Å². The standard InChI is InChI=1S/C12H21N5O3S/c1-5-9-15(6-2)12(18)17-10-13-11(14-17)21(19,20)16(7-3)8-4/h5,10H,1,6-9H2,2-4H3. The highest BCUT2D eigenvalue weighted by Gasteiger charge is 2.27. The molecule has 0 fully saturated rings. The fourth-order valence-electron chi connectivity index (χ4n) is 1.78. The molecule has 21 heavy (non-hydrogen) atoms. The zero-order chi connectivity index (χ0) is 16.0. The van der Waals surface area contributed by atoms with Gasteiger partial charge in [0, 0.05) is 26.2 Å². The lowest BCUT2D eigenvalue weighted by atomic mass is 10.5. The maximum absolute atomic E-state index is 12.2. The highest BCUT2D eigenvalue weighted by atomic mass is 32.2. The largest absolute Gasteiger partial charge is 0.346 e. The molecule has 0 aliphatic carbocycles. The zero-order valence-electron chi connectivity index (χ0n) is 12.6. The van der Waals surface area contributed by atoms with E-state index in [1.807, 2.05) is 6.92 Å². The Morgan fingerprint density at radius 1 is 1.33 bits per heavy atom. The molecule has 0 unspecified atom stereocenters. The van der Waals surface area contributed by atoms with Gasteiger partial charge in [-0.25, -0.2) is 18.2 Å². The van der Waals surface area contributed by atoms with E-state index in [0.717, 1.165) is 11.0 Å². The average Bonchev–Trinajstić information content (AvgIpc) is 2.95. The molecule has 0 saturated carbocycles. The van der Waals surface area contributed by atoms with Crippen LogP contribution in [0.25, 0.3) is 0 Å². The van der Waals surface area contributed by atoms with E-state index < -0.39 is 16.1 Å². The fraction of sp³-hybridized carbons (Fsp3) is 0.583. The first-order chi connectivity index (χ1) is 9.92. The summed E-state index contributed by atoms with van der Waals surface area (Å²) in [6, 6.07) is -0.439. The first-order valence-corrected chi connectivity index (χ1v) is 8.18. The van der Waals surface area contributed by atoms with Gasteiger partial charge >= 0.3 is 6.03 Å². The Kier molecular flexibility index (Phi) is 6.03. The molecule has 0 saturated heterocycles. The summed E-state index contributed by atoms with van der Waals surface area (Å²) < 4.78 is 26.7. The lowest BCUT2D eigenvalue weighted by Crippen LogP contribution is -2.35. The van der Waals surface area contributed by atoms with Gasteiger partial charge in [-0.15, -0.1) is 11.7 Å². The first kappa shape index (κ1) is 17.3. The summed E-state index contributed by atoms with van der Waals surface area (Å²) in [6.07, 6.45) is 2.70. The summed E-state index contributed by atoms with van der Waals surface area (Å²) in [6.45, 7) is 10.3. The number of hydrogen-bond donors (Lipinski definition) is 0. The lowest BCUT2D eigenvalue weighted by Gasteiger charge is -2.18.